The van der Waals surface area contributed by atoms with Crippen molar-refractivity contribution in [1.29, 1.82) is 0 Å². The lowest BCUT2D eigenvalue weighted by molar-refractivity contribution is 0.0519. The maximum atomic E-state index is 11.8. The first-order chi connectivity index (χ1) is 11.0. The lowest BCUT2D eigenvalue weighted by atomic mass is 10.2. The minimum Gasteiger partial charge on any atom is -0.493 e. The lowest BCUT2D eigenvalue weighted by Gasteiger charge is -2.05. The summed E-state index contributed by atoms with van der Waals surface area (Å²) in [6.45, 7) is 3.57. The van der Waals surface area contributed by atoms with Crippen molar-refractivity contribution < 1.29 is 14.6 Å². The Bertz CT molecular complexity index is 823. The summed E-state index contributed by atoms with van der Waals surface area (Å²) < 4.78 is 4.85. The van der Waals surface area contributed by atoms with Crippen molar-refractivity contribution in [3.63, 3.8) is 0 Å². The number of esters is 1. The molecule has 10 heteroatoms. The third-order valence-electron chi connectivity index (χ3n) is 2.96. The van der Waals surface area contributed by atoms with Crippen molar-refractivity contribution in [1.82, 2.24) is 19.9 Å². The van der Waals surface area contributed by atoms with Gasteiger partial charge in [-0.3, -0.25) is 9.78 Å². The number of hydrogen-bond donors (Lipinski definition) is 4. The Balaban J connectivity index is 2.20. The number of carbonyl (C=O) groups excluding carboxylic acids is 1. The van der Waals surface area contributed by atoms with Crippen molar-refractivity contribution in [2.24, 2.45) is 0 Å². The molecule has 0 unspecified atom stereocenters. The average Bonchev–Trinajstić information content (AvgIpc) is 2.86. The number of hydrogen-bond acceptors (Lipinski definition) is 7. The largest absolute Gasteiger partial charge is 0.493 e. The van der Waals surface area contributed by atoms with Crippen LogP contribution in [0.4, 0.5) is 0 Å². The minimum absolute atomic E-state index is 0.0288. The summed E-state index contributed by atoms with van der Waals surface area (Å²) >= 11 is 1.06. The number of imidazole rings is 1. The average molecular weight is 340 g/mol. The molecule has 0 aliphatic rings. The molecule has 2 aromatic rings. The van der Waals surface area contributed by atoms with Gasteiger partial charge >= 0.3 is 11.7 Å². The summed E-state index contributed by atoms with van der Waals surface area (Å²) in [4.78, 5) is 46.2. The molecule has 2 aromatic heterocycles. The summed E-state index contributed by atoms with van der Waals surface area (Å²) in [5.74, 6) is -0.820. The third kappa shape index (κ3) is 3.83. The van der Waals surface area contributed by atoms with E-state index in [0.29, 0.717) is 12.1 Å². The number of aromatic nitrogens is 4. The van der Waals surface area contributed by atoms with Crippen LogP contribution in [-0.4, -0.2) is 37.6 Å². The molecule has 2 rings (SSSR count). The molecule has 0 spiro atoms. The molecule has 0 saturated carbocycles. The van der Waals surface area contributed by atoms with Gasteiger partial charge in [0, 0.05) is 5.75 Å². The van der Waals surface area contributed by atoms with E-state index < -0.39 is 17.2 Å². The summed E-state index contributed by atoms with van der Waals surface area (Å²) in [6, 6.07) is 0. The number of aromatic amines is 3. The second-order valence-electron chi connectivity index (χ2n) is 4.47. The van der Waals surface area contributed by atoms with Crippen LogP contribution in [0.25, 0.3) is 0 Å². The van der Waals surface area contributed by atoms with E-state index in [2.05, 4.69) is 19.9 Å². The molecule has 0 amide bonds. The molecule has 0 radical (unpaired) electrons. The molecule has 9 nitrogen and oxygen atoms in total. The van der Waals surface area contributed by atoms with Crippen LogP contribution in [0, 0.1) is 0 Å². The van der Waals surface area contributed by atoms with E-state index in [1.165, 1.54) is 0 Å². The van der Waals surface area contributed by atoms with Crippen LogP contribution in [0.15, 0.2) is 14.7 Å². The van der Waals surface area contributed by atoms with Gasteiger partial charge in [-0.15, -0.1) is 0 Å². The molecule has 0 aliphatic carbocycles. The minimum atomic E-state index is -0.646. The first kappa shape index (κ1) is 16.9. The van der Waals surface area contributed by atoms with Gasteiger partial charge in [-0.1, -0.05) is 18.7 Å². The van der Waals surface area contributed by atoms with Crippen molar-refractivity contribution >= 4 is 17.7 Å². The first-order valence-electron chi connectivity index (χ1n) is 6.89. The highest BCUT2D eigenvalue weighted by atomic mass is 32.2. The van der Waals surface area contributed by atoms with Crippen molar-refractivity contribution in [3.8, 4) is 5.88 Å². The predicted octanol–water partition coefficient (Wildman–Crippen LogP) is 0.523. The summed E-state index contributed by atoms with van der Waals surface area (Å²) in [5.41, 5.74) is -0.400. The Kier molecular flexibility index (Phi) is 5.27. The predicted molar refractivity (Wildman–Crippen MR) is 82.8 cm³/mol. The number of nitrogens with zero attached hydrogens (tertiary/aromatic N) is 1. The van der Waals surface area contributed by atoms with Gasteiger partial charge < -0.3 is 19.8 Å². The maximum absolute atomic E-state index is 11.8. The normalized spacial score (nSPS) is 10.7. The van der Waals surface area contributed by atoms with Gasteiger partial charge in [0.15, 0.2) is 5.16 Å². The molecule has 0 atom stereocenters. The fourth-order valence-electron chi connectivity index (χ4n) is 1.90. The van der Waals surface area contributed by atoms with Gasteiger partial charge in [-0.25, -0.2) is 9.59 Å². The zero-order valence-corrected chi connectivity index (χ0v) is 13.4. The summed E-state index contributed by atoms with van der Waals surface area (Å²) in [7, 11) is 0. The SMILES string of the molecule is CCOC(=O)c1[nH]c(=O)[nH]c1CSc1nc(O)c(CC)c(=O)[nH]1. The second kappa shape index (κ2) is 7.18. The molecule has 124 valence electrons. The Hall–Kier alpha value is -2.49. The lowest BCUT2D eigenvalue weighted by Crippen LogP contribution is -2.14. The molecule has 4 N–H and O–H groups in total. The molecule has 0 saturated heterocycles. The fourth-order valence-corrected chi connectivity index (χ4v) is 2.71. The van der Waals surface area contributed by atoms with Gasteiger partial charge in [0.2, 0.25) is 5.88 Å². The van der Waals surface area contributed by atoms with Gasteiger partial charge in [0.05, 0.1) is 17.9 Å². The van der Waals surface area contributed by atoms with E-state index in [4.69, 9.17) is 4.74 Å². The molecular weight excluding hydrogens is 324 g/mol. The third-order valence-corrected chi connectivity index (χ3v) is 3.86. The van der Waals surface area contributed by atoms with Crippen LogP contribution in [0.1, 0.15) is 35.6 Å². The molecule has 23 heavy (non-hydrogen) atoms. The Morgan fingerprint density at radius 3 is 2.61 bits per heavy atom. The molecule has 2 heterocycles. The van der Waals surface area contributed by atoms with E-state index >= 15 is 0 Å². The van der Waals surface area contributed by atoms with Gasteiger partial charge in [-0.05, 0) is 13.3 Å². The van der Waals surface area contributed by atoms with Gasteiger partial charge in [0.25, 0.3) is 5.56 Å². The molecule has 0 aliphatic heterocycles. The van der Waals surface area contributed by atoms with Crippen molar-refractivity contribution in [2.75, 3.05) is 6.61 Å². The van der Waals surface area contributed by atoms with E-state index in [-0.39, 0.29) is 34.7 Å². The summed E-state index contributed by atoms with van der Waals surface area (Å²) in [6.07, 6.45) is 0.358. The van der Waals surface area contributed by atoms with E-state index in [0.717, 1.165) is 11.8 Å². The number of ether oxygens (including phenoxy) is 1. The standard InChI is InChI=1S/C13H16N4O5S/c1-3-6-9(18)16-13(17-10(6)19)23-5-7-8(11(20)22-4-2)15-12(21)14-7/h3-5H2,1-2H3,(H2,14,15,21)(H2,16,17,18,19). The Morgan fingerprint density at radius 2 is 2.00 bits per heavy atom. The second-order valence-corrected chi connectivity index (χ2v) is 5.43. The topological polar surface area (TPSA) is 141 Å². The summed E-state index contributed by atoms with van der Waals surface area (Å²) in [5, 5.41) is 9.89. The van der Waals surface area contributed by atoms with Crippen LogP contribution in [-0.2, 0) is 16.9 Å². The quantitative estimate of drug-likeness (QED) is 0.341. The fraction of sp³-hybridized carbons (Fsp3) is 0.385. The van der Waals surface area contributed by atoms with E-state index in [1.54, 1.807) is 13.8 Å². The molecule has 0 bridgehead atoms. The number of thioether (sulfide) groups is 1. The highest BCUT2D eigenvalue weighted by Gasteiger charge is 2.17. The smallest absolute Gasteiger partial charge is 0.356 e. The number of rotatable bonds is 6. The molecule has 0 fully saturated rings. The monoisotopic (exact) mass is 340 g/mol. The zero-order valence-electron chi connectivity index (χ0n) is 12.6. The van der Waals surface area contributed by atoms with Crippen LogP contribution >= 0.6 is 11.8 Å². The molecular formula is C13H16N4O5S. The first-order valence-corrected chi connectivity index (χ1v) is 7.88. The number of H-pyrrole nitrogens is 3. The van der Waals surface area contributed by atoms with E-state index in [9.17, 15) is 19.5 Å². The maximum Gasteiger partial charge on any atom is 0.356 e. The Labute approximate surface area is 134 Å². The zero-order chi connectivity index (χ0) is 17.0. The van der Waals surface area contributed by atoms with Crippen LogP contribution in [0.5, 0.6) is 5.88 Å². The van der Waals surface area contributed by atoms with Gasteiger partial charge in [-0.2, -0.15) is 4.98 Å². The number of nitrogens with one attached hydrogen (secondary N) is 3. The van der Waals surface area contributed by atoms with Gasteiger partial charge in [0.1, 0.15) is 5.69 Å². The molecule has 0 aromatic carbocycles. The number of carbonyl (C=O) groups is 1. The van der Waals surface area contributed by atoms with Crippen LogP contribution in [0.3, 0.4) is 0 Å². The highest BCUT2D eigenvalue weighted by molar-refractivity contribution is 7.98. The van der Waals surface area contributed by atoms with Crippen molar-refractivity contribution in [3.05, 3.63) is 37.8 Å². The Morgan fingerprint density at radius 1 is 1.26 bits per heavy atom. The van der Waals surface area contributed by atoms with E-state index in [1.807, 2.05) is 0 Å². The number of aromatic hydroxyl groups is 1. The van der Waals surface area contributed by atoms with Crippen LogP contribution in [0.2, 0.25) is 0 Å². The highest BCUT2D eigenvalue weighted by Crippen LogP contribution is 2.21. The van der Waals surface area contributed by atoms with Crippen LogP contribution < -0.4 is 11.2 Å². The van der Waals surface area contributed by atoms with Crippen molar-refractivity contribution in [2.45, 2.75) is 31.2 Å².